The maximum atomic E-state index is 13.1. The first-order valence-electron chi connectivity index (χ1n) is 9.34. The summed E-state index contributed by atoms with van der Waals surface area (Å²) in [6.45, 7) is 0. The lowest BCUT2D eigenvalue weighted by molar-refractivity contribution is -0.121. The molecule has 0 aliphatic rings. The molecule has 2 aromatic carbocycles. The van der Waals surface area contributed by atoms with E-state index in [2.05, 4.69) is 15.8 Å². The Hall–Kier alpha value is -3.42. The SMILES string of the molecule is O=C(CCCCCCC(=O)Nc1ccccc1O)N/N=C/c1cc(F)ccc1O. The number of nitrogens with one attached hydrogen (secondary N) is 2. The van der Waals surface area contributed by atoms with E-state index in [-0.39, 0.29) is 35.3 Å². The molecule has 29 heavy (non-hydrogen) atoms. The average molecular weight is 401 g/mol. The maximum Gasteiger partial charge on any atom is 0.240 e. The van der Waals surface area contributed by atoms with Crippen molar-refractivity contribution in [3.8, 4) is 11.5 Å². The second-order valence-corrected chi connectivity index (χ2v) is 6.48. The fourth-order valence-corrected chi connectivity index (χ4v) is 2.58. The normalized spacial score (nSPS) is 10.8. The van der Waals surface area contributed by atoms with E-state index in [9.17, 15) is 24.2 Å². The number of benzene rings is 2. The van der Waals surface area contributed by atoms with Crippen LogP contribution < -0.4 is 10.7 Å². The van der Waals surface area contributed by atoms with Crippen molar-refractivity contribution in [1.29, 1.82) is 0 Å². The highest BCUT2D eigenvalue weighted by atomic mass is 19.1. The number of hydrogen-bond donors (Lipinski definition) is 4. The Labute approximate surface area is 168 Å². The zero-order valence-corrected chi connectivity index (χ0v) is 15.9. The van der Waals surface area contributed by atoms with E-state index in [1.165, 1.54) is 18.3 Å². The number of carbonyl (C=O) groups excluding carboxylic acids is 2. The van der Waals surface area contributed by atoms with E-state index >= 15 is 0 Å². The Morgan fingerprint density at radius 1 is 0.931 bits per heavy atom. The summed E-state index contributed by atoms with van der Waals surface area (Å²) in [5.41, 5.74) is 2.89. The molecule has 0 aliphatic carbocycles. The summed E-state index contributed by atoms with van der Waals surface area (Å²) in [5.74, 6) is -1.06. The van der Waals surface area contributed by atoms with Crippen molar-refractivity contribution in [2.24, 2.45) is 5.10 Å². The van der Waals surface area contributed by atoms with Gasteiger partial charge < -0.3 is 15.5 Å². The maximum absolute atomic E-state index is 13.1. The zero-order valence-electron chi connectivity index (χ0n) is 15.9. The van der Waals surface area contributed by atoms with Gasteiger partial charge in [-0.2, -0.15) is 5.10 Å². The fourth-order valence-electron chi connectivity index (χ4n) is 2.58. The third-order valence-corrected chi connectivity index (χ3v) is 4.12. The first-order chi connectivity index (χ1) is 14.0. The average Bonchev–Trinajstić information content (AvgIpc) is 2.69. The number of rotatable bonds is 10. The van der Waals surface area contributed by atoms with Gasteiger partial charge in [0.2, 0.25) is 11.8 Å². The predicted octanol–water partition coefficient (Wildman–Crippen LogP) is 3.67. The van der Waals surface area contributed by atoms with Gasteiger partial charge in [0, 0.05) is 18.4 Å². The molecule has 0 heterocycles. The molecule has 2 aromatic rings. The summed E-state index contributed by atoms with van der Waals surface area (Å²) in [4.78, 5) is 23.6. The van der Waals surface area contributed by atoms with Crippen LogP contribution in [0.1, 0.15) is 44.1 Å². The summed E-state index contributed by atoms with van der Waals surface area (Å²) in [6, 6.07) is 9.99. The van der Waals surface area contributed by atoms with Crippen LogP contribution >= 0.6 is 0 Å². The number of nitrogens with zero attached hydrogens (tertiary/aromatic N) is 1. The van der Waals surface area contributed by atoms with E-state index in [1.54, 1.807) is 18.2 Å². The number of carbonyl (C=O) groups is 2. The van der Waals surface area contributed by atoms with Gasteiger partial charge in [0.15, 0.2) is 0 Å². The summed E-state index contributed by atoms with van der Waals surface area (Å²) in [6.07, 6.45) is 4.69. The van der Waals surface area contributed by atoms with E-state index < -0.39 is 5.82 Å². The molecule has 0 bridgehead atoms. The number of phenols is 2. The number of aromatic hydroxyl groups is 2. The molecule has 0 fully saturated rings. The van der Waals surface area contributed by atoms with Gasteiger partial charge in [-0.05, 0) is 43.2 Å². The Morgan fingerprint density at radius 3 is 2.34 bits per heavy atom. The number of halogens is 1. The molecule has 2 rings (SSSR count). The highest BCUT2D eigenvalue weighted by Gasteiger charge is 2.06. The molecule has 0 radical (unpaired) electrons. The van der Waals surface area contributed by atoms with Crippen LogP contribution in [0.15, 0.2) is 47.6 Å². The van der Waals surface area contributed by atoms with Gasteiger partial charge in [-0.1, -0.05) is 25.0 Å². The van der Waals surface area contributed by atoms with E-state index in [1.807, 2.05) is 0 Å². The molecule has 4 N–H and O–H groups in total. The first kappa shape index (κ1) is 21.9. The minimum atomic E-state index is -0.509. The molecule has 0 saturated heterocycles. The van der Waals surface area contributed by atoms with Crippen LogP contribution in [0.25, 0.3) is 0 Å². The highest BCUT2D eigenvalue weighted by molar-refractivity contribution is 5.92. The third kappa shape index (κ3) is 8.00. The summed E-state index contributed by atoms with van der Waals surface area (Å²) in [5, 5.41) is 25.5. The van der Waals surface area contributed by atoms with Gasteiger partial charge >= 0.3 is 0 Å². The standard InChI is InChI=1S/C21H24FN3O4/c22-16-11-12-18(26)15(13-16)14-23-25-21(29)10-4-2-1-3-9-20(28)24-17-7-5-6-8-19(17)27/h5-8,11-14,26-27H,1-4,9-10H2,(H,24,28)(H,25,29)/b23-14+. The van der Waals surface area contributed by atoms with Crippen molar-refractivity contribution in [2.45, 2.75) is 38.5 Å². The van der Waals surface area contributed by atoms with Gasteiger partial charge in [0.25, 0.3) is 0 Å². The molecule has 8 heteroatoms. The molecular weight excluding hydrogens is 377 g/mol. The second-order valence-electron chi connectivity index (χ2n) is 6.48. The van der Waals surface area contributed by atoms with Gasteiger partial charge in [0.05, 0.1) is 11.9 Å². The lowest BCUT2D eigenvalue weighted by Crippen LogP contribution is -2.17. The first-order valence-corrected chi connectivity index (χ1v) is 9.34. The smallest absolute Gasteiger partial charge is 0.240 e. The van der Waals surface area contributed by atoms with Crippen molar-refractivity contribution in [1.82, 2.24) is 5.43 Å². The van der Waals surface area contributed by atoms with E-state index in [0.717, 1.165) is 25.0 Å². The molecule has 0 spiro atoms. The van der Waals surface area contributed by atoms with Crippen molar-refractivity contribution < 1.29 is 24.2 Å². The third-order valence-electron chi connectivity index (χ3n) is 4.12. The van der Waals surface area contributed by atoms with Crippen LogP contribution in [0.3, 0.4) is 0 Å². The van der Waals surface area contributed by atoms with Gasteiger partial charge in [-0.15, -0.1) is 0 Å². The second kappa shape index (κ2) is 11.4. The molecule has 0 aliphatic heterocycles. The highest BCUT2D eigenvalue weighted by Crippen LogP contribution is 2.21. The number of amides is 2. The molecule has 154 valence electrons. The molecule has 7 nitrogen and oxygen atoms in total. The lowest BCUT2D eigenvalue weighted by atomic mass is 10.1. The number of hydrazone groups is 1. The lowest BCUT2D eigenvalue weighted by Gasteiger charge is -2.06. The fraction of sp³-hybridized carbons (Fsp3) is 0.286. The Balaban J connectivity index is 1.56. The number of hydrogen-bond acceptors (Lipinski definition) is 5. The zero-order chi connectivity index (χ0) is 21.1. The molecule has 0 atom stereocenters. The van der Waals surface area contributed by atoms with Crippen molar-refractivity contribution in [2.75, 3.05) is 5.32 Å². The molecule has 2 amide bonds. The molecule has 0 unspecified atom stereocenters. The summed E-state index contributed by atoms with van der Waals surface area (Å²) in [7, 11) is 0. The van der Waals surface area contributed by atoms with E-state index in [4.69, 9.17) is 0 Å². The predicted molar refractivity (Wildman–Crippen MR) is 108 cm³/mol. The topological polar surface area (TPSA) is 111 Å². The minimum Gasteiger partial charge on any atom is -0.507 e. The Morgan fingerprint density at radius 2 is 1.62 bits per heavy atom. The van der Waals surface area contributed by atoms with Crippen LogP contribution in [-0.4, -0.2) is 28.2 Å². The number of para-hydroxylation sites is 2. The quantitative estimate of drug-likeness (QED) is 0.211. The minimum absolute atomic E-state index is 0.0298. The molecular formula is C21H24FN3O4. The van der Waals surface area contributed by atoms with Gasteiger partial charge in [-0.25, -0.2) is 9.82 Å². The van der Waals surface area contributed by atoms with Gasteiger partial charge in [-0.3, -0.25) is 9.59 Å². The summed E-state index contributed by atoms with van der Waals surface area (Å²) >= 11 is 0. The monoisotopic (exact) mass is 401 g/mol. The van der Waals surface area contributed by atoms with Gasteiger partial charge in [0.1, 0.15) is 17.3 Å². The number of unbranched alkanes of at least 4 members (excludes halogenated alkanes) is 3. The van der Waals surface area contributed by atoms with Crippen LogP contribution in [0.2, 0.25) is 0 Å². The Kier molecular flexibility index (Phi) is 8.62. The van der Waals surface area contributed by atoms with Crippen LogP contribution in [0, 0.1) is 5.82 Å². The van der Waals surface area contributed by atoms with Crippen LogP contribution in [0.4, 0.5) is 10.1 Å². The van der Waals surface area contributed by atoms with E-state index in [0.29, 0.717) is 24.9 Å². The number of phenolic OH excluding ortho intramolecular Hbond substituents is 2. The molecule has 0 aromatic heterocycles. The largest absolute Gasteiger partial charge is 0.507 e. The van der Waals surface area contributed by atoms with Crippen LogP contribution in [0.5, 0.6) is 11.5 Å². The van der Waals surface area contributed by atoms with Crippen molar-refractivity contribution in [3.05, 3.63) is 53.8 Å². The number of anilines is 1. The Bertz CT molecular complexity index is 871. The van der Waals surface area contributed by atoms with Crippen LogP contribution in [-0.2, 0) is 9.59 Å². The van der Waals surface area contributed by atoms with Crippen molar-refractivity contribution >= 4 is 23.7 Å². The molecule has 0 saturated carbocycles. The van der Waals surface area contributed by atoms with Crippen molar-refractivity contribution in [3.63, 3.8) is 0 Å². The summed E-state index contributed by atoms with van der Waals surface area (Å²) < 4.78 is 13.1.